The van der Waals surface area contributed by atoms with Crippen LogP contribution in [0.5, 0.6) is 5.75 Å². The van der Waals surface area contributed by atoms with Crippen molar-refractivity contribution in [2.24, 2.45) is 5.92 Å². The van der Waals surface area contributed by atoms with Crippen LogP contribution in [0.3, 0.4) is 0 Å². The van der Waals surface area contributed by atoms with E-state index in [1.165, 1.54) is 5.56 Å². The number of hydrogen-bond donors (Lipinski definition) is 1. The van der Waals surface area contributed by atoms with E-state index in [1.807, 2.05) is 84.9 Å². The van der Waals surface area contributed by atoms with Crippen molar-refractivity contribution in [1.82, 2.24) is 5.32 Å². The van der Waals surface area contributed by atoms with Crippen molar-refractivity contribution >= 4 is 17.5 Å². The van der Waals surface area contributed by atoms with Crippen molar-refractivity contribution in [3.05, 3.63) is 96.1 Å². The lowest BCUT2D eigenvalue weighted by Gasteiger charge is -2.17. The predicted octanol–water partition coefficient (Wildman–Crippen LogP) is 3.98. The molecule has 5 nitrogen and oxygen atoms in total. The SMILES string of the molecule is O=C(NCCc1ccccc1)C1CC(=O)N(c2ccc(OCc3ccccc3)cc2)C1. The predicted molar refractivity (Wildman–Crippen MR) is 121 cm³/mol. The zero-order valence-corrected chi connectivity index (χ0v) is 17.4. The van der Waals surface area contributed by atoms with E-state index in [2.05, 4.69) is 5.32 Å². The molecule has 0 aromatic heterocycles. The minimum Gasteiger partial charge on any atom is -0.489 e. The Bertz CT molecular complexity index is 1000. The molecule has 31 heavy (non-hydrogen) atoms. The molecule has 4 rings (SSSR count). The average Bonchev–Trinajstić information content (AvgIpc) is 3.21. The fraction of sp³-hybridized carbons (Fsp3) is 0.231. The summed E-state index contributed by atoms with van der Waals surface area (Å²) in [6.45, 7) is 1.47. The summed E-state index contributed by atoms with van der Waals surface area (Å²) in [6, 6.07) is 27.5. The largest absolute Gasteiger partial charge is 0.489 e. The van der Waals surface area contributed by atoms with Gasteiger partial charge in [0.25, 0.3) is 0 Å². The number of ether oxygens (including phenoxy) is 1. The minimum absolute atomic E-state index is 0.0267. The summed E-state index contributed by atoms with van der Waals surface area (Å²) in [5.74, 6) is 0.336. The molecule has 158 valence electrons. The van der Waals surface area contributed by atoms with Crippen LogP contribution in [0, 0.1) is 5.92 Å². The standard InChI is InChI=1S/C26H26N2O3/c29-25-17-22(26(30)27-16-15-20-7-3-1-4-8-20)18-28(25)23-11-13-24(14-12-23)31-19-21-9-5-2-6-10-21/h1-14,22H,15-19H2,(H,27,30). The summed E-state index contributed by atoms with van der Waals surface area (Å²) in [4.78, 5) is 26.7. The lowest BCUT2D eigenvalue weighted by Crippen LogP contribution is -2.34. The molecule has 0 saturated carbocycles. The summed E-state index contributed by atoms with van der Waals surface area (Å²) < 4.78 is 5.81. The van der Waals surface area contributed by atoms with Gasteiger partial charge in [-0.3, -0.25) is 9.59 Å². The monoisotopic (exact) mass is 414 g/mol. The smallest absolute Gasteiger partial charge is 0.227 e. The lowest BCUT2D eigenvalue weighted by molar-refractivity contribution is -0.126. The summed E-state index contributed by atoms with van der Waals surface area (Å²) in [6.07, 6.45) is 1.02. The van der Waals surface area contributed by atoms with Crippen LogP contribution >= 0.6 is 0 Å². The molecule has 1 atom stereocenters. The number of hydrogen-bond acceptors (Lipinski definition) is 3. The highest BCUT2D eigenvalue weighted by atomic mass is 16.5. The van der Waals surface area contributed by atoms with Gasteiger partial charge in [0.1, 0.15) is 12.4 Å². The minimum atomic E-state index is -0.322. The molecule has 1 heterocycles. The highest BCUT2D eigenvalue weighted by Gasteiger charge is 2.34. The molecule has 0 aliphatic carbocycles. The van der Waals surface area contributed by atoms with Crippen molar-refractivity contribution < 1.29 is 14.3 Å². The van der Waals surface area contributed by atoms with Gasteiger partial charge in [0.05, 0.1) is 5.92 Å². The summed E-state index contributed by atoms with van der Waals surface area (Å²) >= 11 is 0. The fourth-order valence-electron chi connectivity index (χ4n) is 3.72. The second-order valence-electron chi connectivity index (χ2n) is 7.70. The van der Waals surface area contributed by atoms with E-state index in [0.717, 1.165) is 23.4 Å². The topological polar surface area (TPSA) is 58.6 Å². The van der Waals surface area contributed by atoms with Crippen LogP contribution in [0.25, 0.3) is 0 Å². The molecule has 0 radical (unpaired) electrons. The third-order valence-electron chi connectivity index (χ3n) is 5.45. The number of benzene rings is 3. The van der Waals surface area contributed by atoms with Crippen LogP contribution in [-0.2, 0) is 22.6 Å². The van der Waals surface area contributed by atoms with E-state index in [4.69, 9.17) is 4.74 Å². The number of nitrogens with zero attached hydrogens (tertiary/aromatic N) is 1. The quantitative estimate of drug-likeness (QED) is 0.607. The number of amides is 2. The summed E-state index contributed by atoms with van der Waals surface area (Å²) in [5, 5.41) is 2.97. The van der Waals surface area contributed by atoms with E-state index in [0.29, 0.717) is 19.7 Å². The van der Waals surface area contributed by atoms with Gasteiger partial charge in [-0.1, -0.05) is 60.7 Å². The molecule has 3 aromatic carbocycles. The van der Waals surface area contributed by atoms with Gasteiger partial charge in [0.2, 0.25) is 11.8 Å². The van der Waals surface area contributed by atoms with Gasteiger partial charge in [-0.25, -0.2) is 0 Å². The highest BCUT2D eigenvalue weighted by Crippen LogP contribution is 2.27. The number of carbonyl (C=O) groups is 2. The molecule has 1 aliphatic heterocycles. The Hall–Kier alpha value is -3.60. The molecule has 1 unspecified atom stereocenters. The van der Waals surface area contributed by atoms with E-state index in [1.54, 1.807) is 4.90 Å². The van der Waals surface area contributed by atoms with Crippen molar-refractivity contribution in [2.45, 2.75) is 19.4 Å². The first kappa shape index (κ1) is 20.7. The van der Waals surface area contributed by atoms with E-state index < -0.39 is 0 Å². The maximum atomic E-state index is 12.5. The number of anilines is 1. The molecule has 0 bridgehead atoms. The molecule has 5 heteroatoms. The molecule has 1 N–H and O–H groups in total. The number of rotatable bonds is 8. The molecular formula is C26H26N2O3. The van der Waals surface area contributed by atoms with Crippen molar-refractivity contribution in [3.63, 3.8) is 0 Å². The molecule has 1 saturated heterocycles. The second kappa shape index (κ2) is 9.94. The van der Waals surface area contributed by atoms with Crippen molar-refractivity contribution in [3.8, 4) is 5.75 Å². The number of carbonyl (C=O) groups excluding carboxylic acids is 2. The maximum absolute atomic E-state index is 12.5. The van der Waals surface area contributed by atoms with Gasteiger partial charge in [0, 0.05) is 25.2 Å². The second-order valence-corrected chi connectivity index (χ2v) is 7.70. The lowest BCUT2D eigenvalue weighted by atomic mass is 10.1. The third kappa shape index (κ3) is 5.51. The van der Waals surface area contributed by atoms with Crippen LogP contribution in [0.15, 0.2) is 84.9 Å². The highest BCUT2D eigenvalue weighted by molar-refractivity contribution is 6.00. The van der Waals surface area contributed by atoms with Gasteiger partial charge in [-0.2, -0.15) is 0 Å². The number of nitrogens with one attached hydrogen (secondary N) is 1. The Morgan fingerprint density at radius 3 is 2.23 bits per heavy atom. The van der Waals surface area contributed by atoms with Gasteiger partial charge in [-0.15, -0.1) is 0 Å². The van der Waals surface area contributed by atoms with E-state index in [-0.39, 0.29) is 24.2 Å². The molecule has 1 aliphatic rings. The van der Waals surface area contributed by atoms with Gasteiger partial charge < -0.3 is 15.0 Å². The first-order chi connectivity index (χ1) is 15.2. The van der Waals surface area contributed by atoms with E-state index in [9.17, 15) is 9.59 Å². The van der Waals surface area contributed by atoms with Gasteiger partial charge in [-0.05, 0) is 41.8 Å². The maximum Gasteiger partial charge on any atom is 0.227 e. The molecular weight excluding hydrogens is 388 g/mol. The Labute approximate surface area is 182 Å². The van der Waals surface area contributed by atoms with Crippen LogP contribution in [0.1, 0.15) is 17.5 Å². The molecule has 1 fully saturated rings. The fourth-order valence-corrected chi connectivity index (χ4v) is 3.72. The Morgan fingerprint density at radius 2 is 1.55 bits per heavy atom. The van der Waals surface area contributed by atoms with Crippen LogP contribution in [0.4, 0.5) is 5.69 Å². The Balaban J connectivity index is 1.27. The molecule has 3 aromatic rings. The first-order valence-electron chi connectivity index (χ1n) is 10.6. The molecule has 2 amide bonds. The van der Waals surface area contributed by atoms with Crippen molar-refractivity contribution in [2.75, 3.05) is 18.0 Å². The average molecular weight is 415 g/mol. The zero-order chi connectivity index (χ0) is 21.5. The Kier molecular flexibility index (Phi) is 6.62. The summed E-state index contributed by atoms with van der Waals surface area (Å²) in [7, 11) is 0. The van der Waals surface area contributed by atoms with Gasteiger partial charge >= 0.3 is 0 Å². The Morgan fingerprint density at radius 1 is 0.903 bits per heavy atom. The molecule has 0 spiro atoms. The first-order valence-corrected chi connectivity index (χ1v) is 10.6. The van der Waals surface area contributed by atoms with E-state index >= 15 is 0 Å². The van der Waals surface area contributed by atoms with Crippen LogP contribution in [0.2, 0.25) is 0 Å². The zero-order valence-electron chi connectivity index (χ0n) is 17.4. The third-order valence-corrected chi connectivity index (χ3v) is 5.45. The summed E-state index contributed by atoms with van der Waals surface area (Å²) in [5.41, 5.74) is 3.07. The van der Waals surface area contributed by atoms with Crippen LogP contribution in [-0.4, -0.2) is 24.9 Å². The van der Waals surface area contributed by atoms with Crippen molar-refractivity contribution in [1.29, 1.82) is 0 Å². The normalized spacial score (nSPS) is 15.7. The van der Waals surface area contributed by atoms with Crippen LogP contribution < -0.4 is 15.0 Å². The van der Waals surface area contributed by atoms with Gasteiger partial charge in [0.15, 0.2) is 0 Å².